The molecule has 3 rings (SSSR count). The summed E-state index contributed by atoms with van der Waals surface area (Å²) < 4.78 is 5.26. The maximum absolute atomic E-state index is 11.7. The van der Waals surface area contributed by atoms with Gasteiger partial charge in [-0.25, -0.2) is 5.84 Å². The van der Waals surface area contributed by atoms with Crippen LogP contribution in [0.5, 0.6) is 0 Å². The molecule has 1 aliphatic rings. The highest BCUT2D eigenvalue weighted by Crippen LogP contribution is 2.32. The lowest BCUT2D eigenvalue weighted by Gasteiger charge is -2.37. The number of fused-ring (bicyclic) bond motifs is 1. The number of benzene rings is 1. The number of hydrogen-bond acceptors (Lipinski definition) is 4. The van der Waals surface area contributed by atoms with Gasteiger partial charge in [-0.05, 0) is 37.5 Å². The molecule has 5 nitrogen and oxygen atoms in total. The smallest absolute Gasteiger partial charge is 0.301 e. The molecular formula is C16H19N3O2. The number of para-hydroxylation sites is 1. The van der Waals surface area contributed by atoms with Crippen LogP contribution in [0, 0.1) is 0 Å². The van der Waals surface area contributed by atoms with E-state index in [1.54, 1.807) is 0 Å². The minimum Gasteiger partial charge on any atom is -0.459 e. The molecule has 21 heavy (non-hydrogen) atoms. The number of carbonyl (C=O) groups is 1. The Morgan fingerprint density at radius 3 is 3.05 bits per heavy atom. The Labute approximate surface area is 123 Å². The van der Waals surface area contributed by atoms with Gasteiger partial charge in [-0.2, -0.15) is 0 Å². The number of hydrazine groups is 1. The van der Waals surface area contributed by atoms with Crippen molar-refractivity contribution in [2.75, 3.05) is 4.90 Å². The fourth-order valence-corrected chi connectivity index (χ4v) is 2.91. The molecule has 0 fully saturated rings. The van der Waals surface area contributed by atoms with Gasteiger partial charge in [-0.3, -0.25) is 10.2 Å². The van der Waals surface area contributed by atoms with Crippen molar-refractivity contribution < 1.29 is 9.21 Å². The quantitative estimate of drug-likeness (QED) is 0.515. The Morgan fingerprint density at radius 1 is 1.43 bits per heavy atom. The Balaban J connectivity index is 1.91. The first-order valence-corrected chi connectivity index (χ1v) is 7.12. The average molecular weight is 285 g/mol. The van der Waals surface area contributed by atoms with E-state index in [-0.39, 0.29) is 5.76 Å². The lowest BCUT2D eigenvalue weighted by molar-refractivity contribution is 0.0924. The van der Waals surface area contributed by atoms with Gasteiger partial charge in [0.1, 0.15) is 0 Å². The number of aryl methyl sites for hydroxylation is 1. The molecule has 0 bridgehead atoms. The number of anilines is 1. The minimum atomic E-state index is -0.395. The van der Waals surface area contributed by atoms with Crippen molar-refractivity contribution in [2.45, 2.75) is 32.4 Å². The standard InChI is InChI=1S/C16H19N3O2/c1-11-6-7-12-4-2-3-5-14(12)19(11)10-13-8-9-21-15(13)16(20)18-17/h2-5,8-9,11H,6-7,10,17H2,1H3,(H,18,20). The van der Waals surface area contributed by atoms with Crippen LogP contribution in [0.1, 0.15) is 35.0 Å². The van der Waals surface area contributed by atoms with E-state index >= 15 is 0 Å². The van der Waals surface area contributed by atoms with E-state index in [1.807, 2.05) is 12.1 Å². The summed E-state index contributed by atoms with van der Waals surface area (Å²) in [6.07, 6.45) is 3.73. The number of rotatable bonds is 3. The Bertz CT molecular complexity index is 650. The number of nitrogen functional groups attached to an aromatic ring is 1. The molecule has 3 N–H and O–H groups in total. The molecule has 1 amide bonds. The predicted molar refractivity (Wildman–Crippen MR) is 80.8 cm³/mol. The van der Waals surface area contributed by atoms with Gasteiger partial charge < -0.3 is 9.32 Å². The molecule has 1 atom stereocenters. The third-order valence-corrected chi connectivity index (χ3v) is 4.09. The normalized spacial score (nSPS) is 17.4. The molecule has 0 spiro atoms. The van der Waals surface area contributed by atoms with Gasteiger partial charge in [0.05, 0.1) is 6.26 Å². The molecule has 0 saturated carbocycles. The SMILES string of the molecule is CC1CCc2ccccc2N1Cc1ccoc1C(=O)NN. The van der Waals surface area contributed by atoms with Gasteiger partial charge in [0, 0.05) is 23.8 Å². The van der Waals surface area contributed by atoms with Crippen LogP contribution in [-0.4, -0.2) is 11.9 Å². The van der Waals surface area contributed by atoms with Crippen molar-refractivity contribution in [2.24, 2.45) is 5.84 Å². The van der Waals surface area contributed by atoms with E-state index < -0.39 is 5.91 Å². The minimum absolute atomic E-state index is 0.285. The summed E-state index contributed by atoms with van der Waals surface area (Å²) in [7, 11) is 0. The molecule has 0 saturated heterocycles. The van der Waals surface area contributed by atoms with Crippen LogP contribution >= 0.6 is 0 Å². The van der Waals surface area contributed by atoms with Gasteiger partial charge in [0.15, 0.2) is 5.76 Å². The number of amides is 1. The van der Waals surface area contributed by atoms with Gasteiger partial charge in [-0.1, -0.05) is 18.2 Å². The Hall–Kier alpha value is -2.27. The Kier molecular flexibility index (Phi) is 3.66. The maximum Gasteiger partial charge on any atom is 0.301 e. The highest BCUT2D eigenvalue weighted by atomic mass is 16.3. The zero-order valence-corrected chi connectivity index (χ0v) is 12.0. The molecular weight excluding hydrogens is 266 g/mol. The van der Waals surface area contributed by atoms with Gasteiger partial charge >= 0.3 is 5.91 Å². The first-order chi connectivity index (χ1) is 10.2. The van der Waals surface area contributed by atoms with Crippen molar-refractivity contribution in [1.29, 1.82) is 0 Å². The molecule has 0 radical (unpaired) electrons. The summed E-state index contributed by atoms with van der Waals surface area (Å²) in [5.41, 5.74) is 5.56. The zero-order valence-electron chi connectivity index (χ0n) is 12.0. The lowest BCUT2D eigenvalue weighted by atomic mass is 9.96. The van der Waals surface area contributed by atoms with Crippen LogP contribution in [0.15, 0.2) is 41.0 Å². The number of carbonyl (C=O) groups excluding carboxylic acids is 1. The molecule has 110 valence electrons. The van der Waals surface area contributed by atoms with Crippen molar-refractivity contribution in [3.8, 4) is 0 Å². The summed E-state index contributed by atoms with van der Waals surface area (Å²) >= 11 is 0. The summed E-state index contributed by atoms with van der Waals surface area (Å²) in [6, 6.07) is 10.7. The second-order valence-electron chi connectivity index (χ2n) is 5.39. The van der Waals surface area contributed by atoms with E-state index in [0.717, 1.165) is 18.4 Å². The van der Waals surface area contributed by atoms with Crippen LogP contribution in [0.2, 0.25) is 0 Å². The first-order valence-electron chi connectivity index (χ1n) is 7.12. The third kappa shape index (κ3) is 2.52. The predicted octanol–water partition coefficient (Wildman–Crippen LogP) is 2.22. The van der Waals surface area contributed by atoms with E-state index in [4.69, 9.17) is 10.3 Å². The van der Waals surface area contributed by atoms with Crippen molar-refractivity contribution in [1.82, 2.24) is 5.43 Å². The largest absolute Gasteiger partial charge is 0.459 e. The van der Waals surface area contributed by atoms with Crippen LogP contribution in [0.3, 0.4) is 0 Å². The molecule has 1 aliphatic heterocycles. The number of hydrogen-bond donors (Lipinski definition) is 2. The Morgan fingerprint density at radius 2 is 2.24 bits per heavy atom. The van der Waals surface area contributed by atoms with E-state index in [1.165, 1.54) is 17.5 Å². The fourth-order valence-electron chi connectivity index (χ4n) is 2.91. The zero-order chi connectivity index (χ0) is 14.8. The summed E-state index contributed by atoms with van der Waals surface area (Å²) in [5.74, 6) is 5.09. The van der Waals surface area contributed by atoms with E-state index in [9.17, 15) is 4.79 Å². The number of nitrogens with two attached hydrogens (primary N) is 1. The summed E-state index contributed by atoms with van der Waals surface area (Å²) in [6.45, 7) is 2.84. The molecule has 1 unspecified atom stereocenters. The summed E-state index contributed by atoms with van der Waals surface area (Å²) in [5, 5.41) is 0. The third-order valence-electron chi connectivity index (χ3n) is 4.09. The molecule has 0 aliphatic carbocycles. The van der Waals surface area contributed by atoms with Crippen LogP contribution in [0.4, 0.5) is 5.69 Å². The summed E-state index contributed by atoms with van der Waals surface area (Å²) in [4.78, 5) is 14.0. The van der Waals surface area contributed by atoms with Crippen LogP contribution in [-0.2, 0) is 13.0 Å². The monoisotopic (exact) mass is 285 g/mol. The number of nitrogens with one attached hydrogen (secondary N) is 1. The first kappa shape index (κ1) is 13.7. The van der Waals surface area contributed by atoms with Crippen molar-refractivity contribution in [3.63, 3.8) is 0 Å². The van der Waals surface area contributed by atoms with Crippen LogP contribution in [0.25, 0.3) is 0 Å². The van der Waals surface area contributed by atoms with Crippen molar-refractivity contribution in [3.05, 3.63) is 53.5 Å². The maximum atomic E-state index is 11.7. The highest BCUT2D eigenvalue weighted by Gasteiger charge is 2.25. The average Bonchev–Trinajstić information content (AvgIpc) is 2.97. The molecule has 1 aromatic heterocycles. The second-order valence-corrected chi connectivity index (χ2v) is 5.39. The van der Waals surface area contributed by atoms with Gasteiger partial charge in [0.25, 0.3) is 0 Å². The number of nitrogens with zero attached hydrogens (tertiary/aromatic N) is 1. The van der Waals surface area contributed by atoms with Gasteiger partial charge in [0.2, 0.25) is 0 Å². The molecule has 1 aromatic carbocycles. The molecule has 5 heteroatoms. The second kappa shape index (κ2) is 5.61. The highest BCUT2D eigenvalue weighted by molar-refractivity contribution is 5.92. The molecule has 2 aromatic rings. The van der Waals surface area contributed by atoms with E-state index in [0.29, 0.717) is 12.6 Å². The number of furan rings is 1. The topological polar surface area (TPSA) is 71.5 Å². The molecule has 2 heterocycles. The lowest BCUT2D eigenvalue weighted by Crippen LogP contribution is -2.37. The van der Waals surface area contributed by atoms with Gasteiger partial charge in [-0.15, -0.1) is 0 Å². The van der Waals surface area contributed by atoms with Crippen LogP contribution < -0.4 is 16.2 Å². The fraction of sp³-hybridized carbons (Fsp3) is 0.312. The van der Waals surface area contributed by atoms with E-state index in [2.05, 4.69) is 35.4 Å². The van der Waals surface area contributed by atoms with Crippen molar-refractivity contribution >= 4 is 11.6 Å².